The molecule has 114 valence electrons. The molecule has 0 aromatic carbocycles. The highest BCUT2D eigenvalue weighted by Crippen LogP contribution is 2.15. The van der Waals surface area contributed by atoms with Crippen LogP contribution in [-0.2, 0) is 14.8 Å². The normalized spacial score (nSPS) is 12.3. The molecule has 1 amide bonds. The highest BCUT2D eigenvalue weighted by atomic mass is 32.2. The van der Waals surface area contributed by atoms with E-state index >= 15 is 0 Å². The summed E-state index contributed by atoms with van der Waals surface area (Å²) in [7, 11) is -3.52. The van der Waals surface area contributed by atoms with E-state index in [-0.39, 0.29) is 29.7 Å². The Balaban J connectivity index is 2.40. The van der Waals surface area contributed by atoms with Gasteiger partial charge in [0.05, 0.1) is 0 Å². The van der Waals surface area contributed by atoms with Crippen molar-refractivity contribution in [2.24, 2.45) is 0 Å². The molecule has 20 heavy (non-hydrogen) atoms. The summed E-state index contributed by atoms with van der Waals surface area (Å²) < 4.78 is 26.2. The van der Waals surface area contributed by atoms with Crippen molar-refractivity contribution < 1.29 is 18.3 Å². The van der Waals surface area contributed by atoms with Crippen LogP contribution >= 0.6 is 11.3 Å². The molecule has 1 aromatic rings. The molecule has 0 aliphatic carbocycles. The summed E-state index contributed by atoms with van der Waals surface area (Å²) >= 11 is 1.13. The molecule has 1 aromatic heterocycles. The second kappa shape index (κ2) is 7.16. The third-order valence-electron chi connectivity index (χ3n) is 2.62. The smallest absolute Gasteiger partial charge is 0.250 e. The van der Waals surface area contributed by atoms with Crippen molar-refractivity contribution in [2.45, 2.75) is 36.4 Å². The Bertz CT molecular complexity index is 524. The predicted octanol–water partition coefficient (Wildman–Crippen LogP) is 0.694. The maximum atomic E-state index is 11.8. The zero-order valence-electron chi connectivity index (χ0n) is 11.5. The van der Waals surface area contributed by atoms with Gasteiger partial charge in [-0.3, -0.25) is 4.79 Å². The average Bonchev–Trinajstić information content (AvgIpc) is 2.81. The van der Waals surface area contributed by atoms with Gasteiger partial charge in [0, 0.05) is 25.1 Å². The fraction of sp³-hybridized carbons (Fsp3) is 0.583. The van der Waals surface area contributed by atoms with Crippen LogP contribution in [0.15, 0.2) is 21.7 Å². The number of aliphatic hydroxyl groups is 1. The number of thiophene rings is 1. The second-order valence-electron chi connectivity index (χ2n) is 4.99. The number of hydrogen-bond donors (Lipinski definition) is 3. The Kier molecular flexibility index (Phi) is 6.12. The van der Waals surface area contributed by atoms with Gasteiger partial charge in [0.25, 0.3) is 0 Å². The van der Waals surface area contributed by atoms with Crippen LogP contribution in [0.2, 0.25) is 0 Å². The van der Waals surface area contributed by atoms with Crippen molar-refractivity contribution in [2.75, 3.05) is 13.2 Å². The fourth-order valence-corrected chi connectivity index (χ4v) is 3.64. The van der Waals surface area contributed by atoms with Crippen molar-refractivity contribution in [3.63, 3.8) is 0 Å². The van der Waals surface area contributed by atoms with Crippen LogP contribution in [-0.4, -0.2) is 38.1 Å². The van der Waals surface area contributed by atoms with E-state index in [0.29, 0.717) is 6.42 Å². The summed E-state index contributed by atoms with van der Waals surface area (Å²) in [6.45, 7) is 3.63. The Hall–Kier alpha value is -0.960. The highest BCUT2D eigenvalue weighted by Gasteiger charge is 2.20. The first-order valence-corrected chi connectivity index (χ1v) is 8.58. The van der Waals surface area contributed by atoms with Gasteiger partial charge in [-0.2, -0.15) is 0 Å². The molecular weight excluding hydrogens is 300 g/mol. The van der Waals surface area contributed by atoms with Crippen LogP contribution in [0.25, 0.3) is 0 Å². The second-order valence-corrected chi connectivity index (χ2v) is 7.93. The van der Waals surface area contributed by atoms with Gasteiger partial charge in [-0.15, -0.1) is 11.3 Å². The van der Waals surface area contributed by atoms with Gasteiger partial charge in [-0.25, -0.2) is 13.1 Å². The zero-order chi connectivity index (χ0) is 15.2. The molecule has 0 spiro atoms. The Morgan fingerprint density at radius 3 is 2.70 bits per heavy atom. The van der Waals surface area contributed by atoms with Gasteiger partial charge in [-0.1, -0.05) is 6.07 Å². The molecule has 0 saturated heterocycles. The lowest BCUT2D eigenvalue weighted by molar-refractivity contribution is -0.122. The van der Waals surface area contributed by atoms with Gasteiger partial charge in [0.2, 0.25) is 15.9 Å². The minimum Gasteiger partial charge on any atom is -0.396 e. The van der Waals surface area contributed by atoms with Crippen molar-refractivity contribution in [3.05, 3.63) is 17.5 Å². The molecule has 0 saturated carbocycles. The number of aliphatic hydroxyl groups excluding tert-OH is 1. The molecule has 8 heteroatoms. The van der Waals surface area contributed by atoms with Crippen LogP contribution in [0.4, 0.5) is 0 Å². The van der Waals surface area contributed by atoms with Gasteiger partial charge in [0.15, 0.2) is 0 Å². The minimum absolute atomic E-state index is 0.0156. The van der Waals surface area contributed by atoms with Crippen molar-refractivity contribution in [1.82, 2.24) is 10.0 Å². The van der Waals surface area contributed by atoms with E-state index in [9.17, 15) is 13.2 Å². The Labute approximate surface area is 123 Å². The van der Waals surface area contributed by atoms with Gasteiger partial charge < -0.3 is 10.4 Å². The van der Waals surface area contributed by atoms with Crippen molar-refractivity contribution in [1.29, 1.82) is 0 Å². The SMILES string of the molecule is CC(C)(CCO)NC(=O)CCNS(=O)(=O)c1cccs1. The highest BCUT2D eigenvalue weighted by molar-refractivity contribution is 7.91. The molecule has 3 N–H and O–H groups in total. The van der Waals surface area contributed by atoms with Crippen LogP contribution in [0.5, 0.6) is 0 Å². The summed E-state index contributed by atoms with van der Waals surface area (Å²) in [5.74, 6) is -0.252. The van der Waals surface area contributed by atoms with Crippen LogP contribution in [0.3, 0.4) is 0 Å². The summed E-state index contributed by atoms with van der Waals surface area (Å²) in [6, 6.07) is 3.17. The molecule has 1 heterocycles. The van der Waals surface area contributed by atoms with Gasteiger partial charge >= 0.3 is 0 Å². The molecule has 0 aliphatic heterocycles. The molecule has 0 fully saturated rings. The van der Waals surface area contributed by atoms with E-state index in [1.165, 1.54) is 6.07 Å². The number of carbonyl (C=O) groups excluding carboxylic acids is 1. The van der Waals surface area contributed by atoms with E-state index in [0.717, 1.165) is 11.3 Å². The van der Waals surface area contributed by atoms with E-state index in [4.69, 9.17) is 5.11 Å². The number of amides is 1. The third-order valence-corrected chi connectivity index (χ3v) is 5.48. The van der Waals surface area contributed by atoms with Crippen molar-refractivity contribution in [3.8, 4) is 0 Å². The standard InChI is InChI=1S/C12H20N2O4S2/c1-12(2,6-8-15)14-10(16)5-7-13-20(17,18)11-4-3-9-19-11/h3-4,9,13,15H,5-8H2,1-2H3,(H,14,16). The van der Waals surface area contributed by atoms with Crippen LogP contribution < -0.4 is 10.0 Å². The Morgan fingerprint density at radius 2 is 2.15 bits per heavy atom. The molecule has 0 unspecified atom stereocenters. The maximum Gasteiger partial charge on any atom is 0.250 e. The van der Waals surface area contributed by atoms with Crippen molar-refractivity contribution >= 4 is 27.3 Å². The largest absolute Gasteiger partial charge is 0.396 e. The first-order chi connectivity index (χ1) is 9.27. The molecule has 1 rings (SSSR count). The summed E-state index contributed by atoms with van der Waals surface area (Å²) in [5, 5.41) is 13.3. The molecule has 0 radical (unpaired) electrons. The number of hydrogen-bond acceptors (Lipinski definition) is 5. The first-order valence-electron chi connectivity index (χ1n) is 6.22. The maximum absolute atomic E-state index is 11.8. The molecule has 0 aliphatic rings. The molecule has 0 atom stereocenters. The summed E-state index contributed by atoms with van der Waals surface area (Å²) in [4.78, 5) is 11.7. The lowest BCUT2D eigenvalue weighted by Gasteiger charge is -2.25. The number of rotatable bonds is 8. The Morgan fingerprint density at radius 1 is 1.45 bits per heavy atom. The number of sulfonamides is 1. The van der Waals surface area contributed by atoms with Gasteiger partial charge in [-0.05, 0) is 31.7 Å². The predicted molar refractivity (Wildman–Crippen MR) is 78.0 cm³/mol. The van der Waals surface area contributed by atoms with Crippen LogP contribution in [0.1, 0.15) is 26.7 Å². The fourth-order valence-electron chi connectivity index (χ4n) is 1.57. The molecule has 6 nitrogen and oxygen atoms in total. The zero-order valence-corrected chi connectivity index (χ0v) is 13.2. The number of carbonyl (C=O) groups is 1. The van der Waals surface area contributed by atoms with E-state index < -0.39 is 15.6 Å². The van der Waals surface area contributed by atoms with E-state index in [1.807, 2.05) is 0 Å². The summed E-state index contributed by atoms with van der Waals surface area (Å²) in [5.41, 5.74) is -0.502. The molecule has 0 bridgehead atoms. The lowest BCUT2D eigenvalue weighted by Crippen LogP contribution is -2.45. The van der Waals surface area contributed by atoms with Crippen LogP contribution in [0, 0.1) is 0 Å². The van der Waals surface area contributed by atoms with Gasteiger partial charge in [0.1, 0.15) is 4.21 Å². The summed E-state index contributed by atoms with van der Waals surface area (Å²) in [6.07, 6.45) is 0.499. The lowest BCUT2D eigenvalue weighted by atomic mass is 10.0. The molecular formula is C12H20N2O4S2. The third kappa shape index (κ3) is 5.58. The van der Waals surface area contributed by atoms with E-state index in [1.54, 1.807) is 25.3 Å². The minimum atomic E-state index is -3.52. The number of nitrogens with one attached hydrogen (secondary N) is 2. The topological polar surface area (TPSA) is 95.5 Å². The van der Waals surface area contributed by atoms with E-state index in [2.05, 4.69) is 10.0 Å². The first kappa shape index (κ1) is 17.1. The quantitative estimate of drug-likeness (QED) is 0.657. The average molecular weight is 320 g/mol. The monoisotopic (exact) mass is 320 g/mol.